The molecule has 0 unspecified atom stereocenters. The number of benzene rings is 1. The normalized spacial score (nSPS) is 10.6. The maximum atomic E-state index is 13.0. The Morgan fingerprint density at radius 3 is 2.60 bits per heavy atom. The van der Waals surface area contributed by atoms with Gasteiger partial charge in [0.25, 0.3) is 0 Å². The van der Waals surface area contributed by atoms with E-state index in [9.17, 15) is 4.39 Å². The molecule has 20 heavy (non-hydrogen) atoms. The summed E-state index contributed by atoms with van der Waals surface area (Å²) in [5.74, 6) is -0.221. The molecule has 0 saturated carbocycles. The van der Waals surface area contributed by atoms with Crippen LogP contribution in [0.15, 0.2) is 36.5 Å². The zero-order valence-electron chi connectivity index (χ0n) is 12.2. The molecule has 1 N–H and O–H groups in total. The Morgan fingerprint density at radius 1 is 1.25 bits per heavy atom. The second-order valence-electron chi connectivity index (χ2n) is 4.77. The molecule has 3 nitrogen and oxygen atoms in total. The number of anilines is 2. The molecule has 0 aliphatic carbocycles. The highest BCUT2D eigenvalue weighted by Crippen LogP contribution is 2.27. The van der Waals surface area contributed by atoms with E-state index in [1.807, 2.05) is 20.2 Å². The van der Waals surface area contributed by atoms with Crippen molar-refractivity contribution in [2.45, 2.75) is 20.4 Å². The molecule has 0 atom stereocenters. The molecular formula is C16H20FN3. The monoisotopic (exact) mass is 273 g/mol. The fourth-order valence-corrected chi connectivity index (χ4v) is 2.09. The smallest absolute Gasteiger partial charge is 0.123 e. The summed E-state index contributed by atoms with van der Waals surface area (Å²) in [6.07, 6.45) is 1.90. The highest BCUT2D eigenvalue weighted by atomic mass is 19.1. The first-order chi connectivity index (χ1) is 9.61. The fraction of sp³-hybridized carbons (Fsp3) is 0.312. The third-order valence-electron chi connectivity index (χ3n) is 3.24. The van der Waals surface area contributed by atoms with E-state index < -0.39 is 0 Å². The van der Waals surface area contributed by atoms with Crippen LogP contribution >= 0.6 is 0 Å². The highest BCUT2D eigenvalue weighted by molar-refractivity contribution is 5.65. The molecule has 0 aliphatic rings. The molecular weight excluding hydrogens is 253 g/mol. The van der Waals surface area contributed by atoms with Crippen molar-refractivity contribution in [3.8, 4) is 0 Å². The van der Waals surface area contributed by atoms with Crippen LogP contribution in [-0.4, -0.2) is 18.6 Å². The third-order valence-corrected chi connectivity index (χ3v) is 3.24. The summed E-state index contributed by atoms with van der Waals surface area (Å²) in [5, 5.41) is 3.31. The summed E-state index contributed by atoms with van der Waals surface area (Å²) >= 11 is 0. The largest absolute Gasteiger partial charge is 0.344 e. The summed E-state index contributed by atoms with van der Waals surface area (Å²) in [6, 6.07) is 8.56. The van der Waals surface area contributed by atoms with Crippen LogP contribution in [0.2, 0.25) is 0 Å². The maximum absolute atomic E-state index is 13.0. The summed E-state index contributed by atoms with van der Waals surface area (Å²) in [7, 11) is 1.98. The van der Waals surface area contributed by atoms with Crippen molar-refractivity contribution in [3.05, 3.63) is 53.6 Å². The van der Waals surface area contributed by atoms with Crippen molar-refractivity contribution in [2.24, 2.45) is 0 Å². The van der Waals surface area contributed by atoms with E-state index in [1.54, 1.807) is 12.1 Å². The van der Waals surface area contributed by atoms with Crippen molar-refractivity contribution in [1.82, 2.24) is 10.3 Å². The molecule has 1 aromatic heterocycles. The van der Waals surface area contributed by atoms with Crippen LogP contribution in [0.3, 0.4) is 0 Å². The second kappa shape index (κ2) is 6.48. The Balaban J connectivity index is 2.34. The Kier molecular flexibility index (Phi) is 4.69. The fourth-order valence-electron chi connectivity index (χ4n) is 2.09. The summed E-state index contributed by atoms with van der Waals surface area (Å²) in [4.78, 5) is 6.41. The standard InChI is InChI=1S/C16H20FN3/c1-4-18-10-13-11-19-12(2)9-16(13)20(3)15-7-5-14(17)6-8-15/h5-9,11,18H,4,10H2,1-3H3. The van der Waals surface area contributed by atoms with E-state index in [0.717, 1.165) is 35.7 Å². The molecule has 0 fully saturated rings. The number of pyridine rings is 1. The van der Waals surface area contributed by atoms with Crippen molar-refractivity contribution in [3.63, 3.8) is 0 Å². The predicted octanol–water partition coefficient (Wildman–Crippen LogP) is 3.41. The van der Waals surface area contributed by atoms with Gasteiger partial charge in [-0.05, 0) is 43.8 Å². The van der Waals surface area contributed by atoms with Crippen LogP contribution < -0.4 is 10.2 Å². The molecule has 2 aromatic rings. The molecule has 2 rings (SSSR count). The van der Waals surface area contributed by atoms with Crippen molar-refractivity contribution in [2.75, 3.05) is 18.5 Å². The molecule has 0 amide bonds. The van der Waals surface area contributed by atoms with E-state index in [0.29, 0.717) is 0 Å². The molecule has 1 heterocycles. The number of hydrogen-bond donors (Lipinski definition) is 1. The lowest BCUT2D eigenvalue weighted by Crippen LogP contribution is -2.17. The first-order valence-electron chi connectivity index (χ1n) is 6.77. The topological polar surface area (TPSA) is 28.2 Å². The van der Waals surface area contributed by atoms with Gasteiger partial charge in [-0.1, -0.05) is 6.92 Å². The van der Waals surface area contributed by atoms with E-state index in [-0.39, 0.29) is 5.82 Å². The quantitative estimate of drug-likeness (QED) is 0.905. The minimum Gasteiger partial charge on any atom is -0.344 e. The van der Waals surface area contributed by atoms with Gasteiger partial charge in [0, 0.05) is 42.4 Å². The van der Waals surface area contributed by atoms with Gasteiger partial charge in [0.05, 0.1) is 0 Å². The van der Waals surface area contributed by atoms with Crippen molar-refractivity contribution in [1.29, 1.82) is 0 Å². The lowest BCUT2D eigenvalue weighted by molar-refractivity contribution is 0.628. The first kappa shape index (κ1) is 14.5. The number of hydrogen-bond acceptors (Lipinski definition) is 3. The SMILES string of the molecule is CCNCc1cnc(C)cc1N(C)c1ccc(F)cc1. The van der Waals surface area contributed by atoms with Gasteiger partial charge in [-0.25, -0.2) is 4.39 Å². The molecule has 4 heteroatoms. The van der Waals surface area contributed by atoms with Gasteiger partial charge in [0.15, 0.2) is 0 Å². The predicted molar refractivity (Wildman–Crippen MR) is 80.8 cm³/mol. The van der Waals surface area contributed by atoms with Crippen LogP contribution in [0.5, 0.6) is 0 Å². The van der Waals surface area contributed by atoms with Gasteiger partial charge in [-0.15, -0.1) is 0 Å². The third kappa shape index (κ3) is 3.33. The molecule has 0 radical (unpaired) electrons. The van der Waals surface area contributed by atoms with E-state index in [1.165, 1.54) is 12.1 Å². The minimum atomic E-state index is -0.221. The summed E-state index contributed by atoms with van der Waals surface area (Å²) in [6.45, 7) is 5.72. The zero-order valence-corrected chi connectivity index (χ0v) is 12.2. The van der Waals surface area contributed by atoms with Crippen LogP contribution in [0.25, 0.3) is 0 Å². The molecule has 0 bridgehead atoms. The summed E-state index contributed by atoms with van der Waals surface area (Å²) < 4.78 is 13.0. The minimum absolute atomic E-state index is 0.221. The first-order valence-corrected chi connectivity index (χ1v) is 6.77. The van der Waals surface area contributed by atoms with E-state index >= 15 is 0 Å². The van der Waals surface area contributed by atoms with Gasteiger partial charge in [0.2, 0.25) is 0 Å². The van der Waals surface area contributed by atoms with Gasteiger partial charge in [-0.3, -0.25) is 4.98 Å². The lowest BCUT2D eigenvalue weighted by atomic mass is 10.1. The zero-order chi connectivity index (χ0) is 14.5. The van der Waals surface area contributed by atoms with Gasteiger partial charge in [0.1, 0.15) is 5.82 Å². The number of rotatable bonds is 5. The molecule has 0 saturated heterocycles. The Bertz CT molecular complexity index is 566. The van der Waals surface area contributed by atoms with Crippen molar-refractivity contribution >= 4 is 11.4 Å². The second-order valence-corrected chi connectivity index (χ2v) is 4.77. The average Bonchev–Trinajstić information content (AvgIpc) is 2.46. The van der Waals surface area contributed by atoms with Gasteiger partial charge in [-0.2, -0.15) is 0 Å². The number of halogens is 1. The molecule has 106 valence electrons. The number of aromatic nitrogens is 1. The Labute approximate surface area is 119 Å². The molecule has 0 aliphatic heterocycles. The van der Waals surface area contributed by atoms with Gasteiger partial charge >= 0.3 is 0 Å². The van der Waals surface area contributed by atoms with Crippen LogP contribution in [-0.2, 0) is 6.54 Å². The number of nitrogens with zero attached hydrogens (tertiary/aromatic N) is 2. The summed E-state index contributed by atoms with van der Waals surface area (Å²) in [5.41, 5.74) is 4.14. The lowest BCUT2D eigenvalue weighted by Gasteiger charge is -2.23. The maximum Gasteiger partial charge on any atom is 0.123 e. The highest BCUT2D eigenvalue weighted by Gasteiger charge is 2.10. The Morgan fingerprint density at radius 2 is 1.95 bits per heavy atom. The number of nitrogens with one attached hydrogen (secondary N) is 1. The van der Waals surface area contributed by atoms with Crippen LogP contribution in [0.4, 0.5) is 15.8 Å². The number of aryl methyl sites for hydroxylation is 1. The average molecular weight is 273 g/mol. The Hall–Kier alpha value is -1.94. The molecule has 1 aromatic carbocycles. The van der Waals surface area contributed by atoms with Gasteiger partial charge < -0.3 is 10.2 Å². The van der Waals surface area contributed by atoms with E-state index in [4.69, 9.17) is 0 Å². The van der Waals surface area contributed by atoms with E-state index in [2.05, 4.69) is 28.2 Å². The van der Waals surface area contributed by atoms with Crippen molar-refractivity contribution < 1.29 is 4.39 Å². The van der Waals surface area contributed by atoms with Crippen LogP contribution in [0.1, 0.15) is 18.2 Å². The van der Waals surface area contributed by atoms with Crippen LogP contribution in [0, 0.1) is 12.7 Å². The molecule has 0 spiro atoms.